The smallest absolute Gasteiger partial charge is 0.226 e. The van der Waals surface area contributed by atoms with E-state index < -0.39 is 0 Å². The fourth-order valence-corrected chi connectivity index (χ4v) is 1.57. The second kappa shape index (κ2) is 6.20. The number of rotatable bonds is 5. The monoisotopic (exact) mass is 237 g/mol. The minimum atomic E-state index is -0.194. The summed E-state index contributed by atoms with van der Waals surface area (Å²) in [6.45, 7) is 0.336. The van der Waals surface area contributed by atoms with Gasteiger partial charge in [-0.2, -0.15) is 0 Å². The van der Waals surface area contributed by atoms with Crippen molar-refractivity contribution in [2.45, 2.75) is 6.42 Å². The van der Waals surface area contributed by atoms with Crippen molar-refractivity contribution in [2.75, 3.05) is 27.7 Å². The van der Waals surface area contributed by atoms with Crippen LogP contribution in [0.1, 0.15) is 5.56 Å². The lowest BCUT2D eigenvalue weighted by Crippen LogP contribution is -2.35. The van der Waals surface area contributed by atoms with Crippen LogP contribution in [-0.2, 0) is 11.2 Å². The predicted octanol–water partition coefficient (Wildman–Crippen LogP) is 0.296. The van der Waals surface area contributed by atoms with E-state index in [9.17, 15) is 4.79 Å². The van der Waals surface area contributed by atoms with E-state index in [4.69, 9.17) is 10.5 Å². The highest BCUT2D eigenvalue weighted by Gasteiger charge is 2.19. The van der Waals surface area contributed by atoms with Crippen molar-refractivity contribution in [3.8, 4) is 5.88 Å². The average Bonchev–Trinajstić information content (AvgIpc) is 2.35. The lowest BCUT2D eigenvalue weighted by molar-refractivity contribution is -0.132. The number of nitrogens with zero attached hydrogens (tertiary/aromatic N) is 2. The number of hydrogen-bond donors (Lipinski definition) is 1. The van der Waals surface area contributed by atoms with Crippen LogP contribution >= 0.6 is 0 Å². The average molecular weight is 237 g/mol. The van der Waals surface area contributed by atoms with Gasteiger partial charge in [0.1, 0.15) is 0 Å². The van der Waals surface area contributed by atoms with E-state index >= 15 is 0 Å². The van der Waals surface area contributed by atoms with Crippen LogP contribution in [0.2, 0.25) is 0 Å². The van der Waals surface area contributed by atoms with Crippen molar-refractivity contribution in [1.82, 2.24) is 9.88 Å². The zero-order valence-electron chi connectivity index (χ0n) is 10.5. The van der Waals surface area contributed by atoms with Gasteiger partial charge in [0, 0.05) is 32.9 Å². The summed E-state index contributed by atoms with van der Waals surface area (Å²) in [7, 11) is 5.04. The molecular weight excluding hydrogens is 218 g/mol. The Morgan fingerprint density at radius 3 is 2.65 bits per heavy atom. The first-order valence-electron chi connectivity index (χ1n) is 5.48. The summed E-state index contributed by atoms with van der Waals surface area (Å²) in [5.41, 5.74) is 6.61. The van der Waals surface area contributed by atoms with Gasteiger partial charge in [0.05, 0.1) is 13.0 Å². The van der Waals surface area contributed by atoms with Crippen molar-refractivity contribution >= 4 is 5.91 Å². The van der Waals surface area contributed by atoms with E-state index in [2.05, 4.69) is 4.98 Å². The van der Waals surface area contributed by atoms with E-state index in [0.29, 0.717) is 18.8 Å². The molecule has 0 saturated carbocycles. The van der Waals surface area contributed by atoms with Crippen molar-refractivity contribution in [3.05, 3.63) is 23.9 Å². The molecule has 0 aliphatic carbocycles. The molecule has 94 valence electrons. The largest absolute Gasteiger partial charge is 0.481 e. The topological polar surface area (TPSA) is 68.5 Å². The molecule has 17 heavy (non-hydrogen) atoms. The molecule has 0 saturated heterocycles. The number of ether oxygens (including phenoxy) is 1. The number of methoxy groups -OCH3 is 1. The Morgan fingerprint density at radius 1 is 1.53 bits per heavy atom. The van der Waals surface area contributed by atoms with Crippen molar-refractivity contribution in [2.24, 2.45) is 11.7 Å². The SMILES string of the molecule is COc1ccc(CC(CN)C(=O)N(C)C)cn1. The minimum Gasteiger partial charge on any atom is -0.481 e. The molecule has 5 nitrogen and oxygen atoms in total. The second-order valence-corrected chi connectivity index (χ2v) is 4.08. The zero-order valence-corrected chi connectivity index (χ0v) is 10.5. The van der Waals surface area contributed by atoms with E-state index in [1.165, 1.54) is 0 Å². The molecule has 0 aromatic carbocycles. The van der Waals surface area contributed by atoms with Gasteiger partial charge in [-0.15, -0.1) is 0 Å². The Morgan fingerprint density at radius 2 is 2.24 bits per heavy atom. The molecule has 1 aromatic rings. The highest BCUT2D eigenvalue weighted by Crippen LogP contribution is 2.12. The number of aromatic nitrogens is 1. The molecule has 0 radical (unpaired) electrons. The number of amides is 1. The number of nitrogens with two attached hydrogens (primary N) is 1. The van der Waals surface area contributed by atoms with Gasteiger partial charge in [-0.3, -0.25) is 4.79 Å². The Bertz CT molecular complexity index is 363. The first-order chi connectivity index (χ1) is 8.08. The normalized spacial score (nSPS) is 12.0. The molecule has 5 heteroatoms. The molecule has 0 bridgehead atoms. The van der Waals surface area contributed by atoms with Gasteiger partial charge in [-0.25, -0.2) is 4.98 Å². The van der Waals surface area contributed by atoms with Gasteiger partial charge < -0.3 is 15.4 Å². The molecule has 0 aliphatic rings. The van der Waals surface area contributed by atoms with Gasteiger partial charge in [0.2, 0.25) is 11.8 Å². The summed E-state index contributed by atoms with van der Waals surface area (Å²) in [5.74, 6) is 0.417. The summed E-state index contributed by atoms with van der Waals surface area (Å²) in [4.78, 5) is 17.5. The number of pyridine rings is 1. The maximum Gasteiger partial charge on any atom is 0.226 e. The maximum atomic E-state index is 11.8. The first-order valence-corrected chi connectivity index (χ1v) is 5.48. The van der Waals surface area contributed by atoms with Gasteiger partial charge in [0.25, 0.3) is 0 Å². The molecular formula is C12H19N3O2. The maximum absolute atomic E-state index is 11.8. The quantitative estimate of drug-likeness (QED) is 0.799. The third-order valence-electron chi connectivity index (χ3n) is 2.56. The van der Waals surface area contributed by atoms with Gasteiger partial charge in [-0.05, 0) is 12.0 Å². The van der Waals surface area contributed by atoms with Crippen LogP contribution in [0.3, 0.4) is 0 Å². The molecule has 1 heterocycles. The van der Waals surface area contributed by atoms with E-state index in [0.717, 1.165) is 5.56 Å². The highest BCUT2D eigenvalue weighted by molar-refractivity contribution is 5.78. The third kappa shape index (κ3) is 3.71. The summed E-state index contributed by atoms with van der Waals surface area (Å²) >= 11 is 0. The van der Waals surface area contributed by atoms with Crippen LogP contribution in [0.25, 0.3) is 0 Å². The van der Waals surface area contributed by atoms with Crippen LogP contribution in [0.15, 0.2) is 18.3 Å². The van der Waals surface area contributed by atoms with Crippen LogP contribution < -0.4 is 10.5 Å². The van der Waals surface area contributed by atoms with E-state index in [-0.39, 0.29) is 11.8 Å². The molecule has 0 aliphatic heterocycles. The number of carbonyl (C=O) groups is 1. The molecule has 0 spiro atoms. The Balaban J connectivity index is 2.70. The van der Waals surface area contributed by atoms with Crippen molar-refractivity contribution in [3.63, 3.8) is 0 Å². The Hall–Kier alpha value is -1.62. The molecule has 1 amide bonds. The standard InChI is InChI=1S/C12H19N3O2/c1-15(2)12(16)10(7-13)6-9-4-5-11(17-3)14-8-9/h4-5,8,10H,6-7,13H2,1-3H3. The van der Waals surface area contributed by atoms with Gasteiger partial charge in [0.15, 0.2) is 0 Å². The fraction of sp³-hybridized carbons (Fsp3) is 0.500. The lowest BCUT2D eigenvalue weighted by Gasteiger charge is -2.18. The lowest BCUT2D eigenvalue weighted by atomic mass is 9.99. The van der Waals surface area contributed by atoms with Crippen LogP contribution in [0.5, 0.6) is 5.88 Å². The second-order valence-electron chi connectivity index (χ2n) is 4.08. The molecule has 1 rings (SSSR count). The van der Waals surface area contributed by atoms with Crippen LogP contribution in [0.4, 0.5) is 0 Å². The predicted molar refractivity (Wildman–Crippen MR) is 65.7 cm³/mol. The molecule has 0 fully saturated rings. The van der Waals surface area contributed by atoms with Crippen molar-refractivity contribution in [1.29, 1.82) is 0 Å². The number of hydrogen-bond acceptors (Lipinski definition) is 4. The molecule has 2 N–H and O–H groups in total. The van der Waals surface area contributed by atoms with E-state index in [1.54, 1.807) is 38.4 Å². The molecule has 1 unspecified atom stereocenters. The molecule has 1 aromatic heterocycles. The Kier molecular flexibility index (Phi) is 4.90. The number of carbonyl (C=O) groups excluding carboxylic acids is 1. The van der Waals surface area contributed by atoms with Crippen molar-refractivity contribution < 1.29 is 9.53 Å². The van der Waals surface area contributed by atoms with E-state index in [1.807, 2.05) is 6.07 Å². The zero-order chi connectivity index (χ0) is 12.8. The summed E-state index contributed by atoms with van der Waals surface area (Å²) in [6, 6.07) is 3.68. The first kappa shape index (κ1) is 13.4. The summed E-state index contributed by atoms with van der Waals surface area (Å²) in [6.07, 6.45) is 2.31. The van der Waals surface area contributed by atoms with Gasteiger partial charge in [-0.1, -0.05) is 6.07 Å². The molecule has 1 atom stereocenters. The summed E-state index contributed by atoms with van der Waals surface area (Å²) < 4.78 is 4.98. The highest BCUT2D eigenvalue weighted by atomic mass is 16.5. The van der Waals surface area contributed by atoms with Gasteiger partial charge >= 0.3 is 0 Å². The van der Waals surface area contributed by atoms with Crippen LogP contribution in [-0.4, -0.2) is 43.5 Å². The Labute approximate surface area is 102 Å². The van der Waals surface area contributed by atoms with Crippen LogP contribution in [0, 0.1) is 5.92 Å². The fourth-order valence-electron chi connectivity index (χ4n) is 1.57. The summed E-state index contributed by atoms with van der Waals surface area (Å²) in [5, 5.41) is 0. The minimum absolute atomic E-state index is 0.0447. The third-order valence-corrected chi connectivity index (χ3v) is 2.56.